The van der Waals surface area contributed by atoms with Crippen molar-refractivity contribution in [3.63, 3.8) is 0 Å². The largest absolute Gasteiger partial charge is 0.416 e. The van der Waals surface area contributed by atoms with Crippen molar-refractivity contribution >= 4 is 11.6 Å². The highest BCUT2D eigenvalue weighted by molar-refractivity contribution is 6.30. The lowest BCUT2D eigenvalue weighted by Crippen LogP contribution is -2.23. The van der Waals surface area contributed by atoms with Crippen molar-refractivity contribution in [2.45, 2.75) is 12.2 Å². The van der Waals surface area contributed by atoms with Crippen LogP contribution < -0.4 is 5.32 Å². The van der Waals surface area contributed by atoms with Gasteiger partial charge in [0, 0.05) is 23.5 Å². The standard InChI is InChI=1S/C14H11ClF4N2/c1-20-13(8-3-2-4-11(15)12(8)16)9-7-21-6-5-10(9)14(17,18)19/h2-7,13,20H,1H3. The number of halogens is 5. The fourth-order valence-corrected chi connectivity index (χ4v) is 2.30. The summed E-state index contributed by atoms with van der Waals surface area (Å²) in [5.41, 5.74) is -0.992. The molecule has 2 nitrogen and oxygen atoms in total. The SMILES string of the molecule is CNC(c1cnccc1C(F)(F)F)c1cccc(Cl)c1F. The molecule has 0 radical (unpaired) electrons. The predicted molar refractivity (Wildman–Crippen MR) is 71.6 cm³/mol. The first kappa shape index (κ1) is 15.7. The molecule has 1 unspecified atom stereocenters. The molecular formula is C14H11ClF4N2. The summed E-state index contributed by atoms with van der Waals surface area (Å²) in [6.45, 7) is 0. The first-order valence-corrected chi connectivity index (χ1v) is 6.36. The van der Waals surface area contributed by atoms with E-state index in [1.54, 1.807) is 0 Å². The lowest BCUT2D eigenvalue weighted by atomic mass is 9.95. The Hall–Kier alpha value is -1.66. The molecule has 0 bridgehead atoms. The van der Waals surface area contributed by atoms with Gasteiger partial charge in [0.2, 0.25) is 0 Å². The summed E-state index contributed by atoms with van der Waals surface area (Å²) >= 11 is 5.69. The Bertz CT molecular complexity index is 643. The van der Waals surface area contributed by atoms with Crippen LogP contribution in [0.3, 0.4) is 0 Å². The van der Waals surface area contributed by atoms with Gasteiger partial charge >= 0.3 is 6.18 Å². The van der Waals surface area contributed by atoms with Gasteiger partial charge in [-0.3, -0.25) is 4.98 Å². The van der Waals surface area contributed by atoms with Gasteiger partial charge in [0.1, 0.15) is 5.82 Å². The number of alkyl halides is 3. The number of hydrogen-bond acceptors (Lipinski definition) is 2. The summed E-state index contributed by atoms with van der Waals surface area (Å²) in [6.07, 6.45) is -2.43. The third kappa shape index (κ3) is 3.16. The summed E-state index contributed by atoms with van der Waals surface area (Å²) < 4.78 is 53.3. The van der Waals surface area contributed by atoms with Crippen LogP contribution in [0.4, 0.5) is 17.6 Å². The molecule has 1 heterocycles. The first-order valence-electron chi connectivity index (χ1n) is 5.98. The lowest BCUT2D eigenvalue weighted by molar-refractivity contribution is -0.138. The summed E-state index contributed by atoms with van der Waals surface area (Å²) in [7, 11) is 1.44. The van der Waals surface area contributed by atoms with Gasteiger partial charge in [0.25, 0.3) is 0 Å². The minimum absolute atomic E-state index is 0.0310. The Morgan fingerprint density at radius 2 is 1.90 bits per heavy atom. The molecule has 1 aromatic heterocycles. The van der Waals surface area contributed by atoms with Crippen molar-refractivity contribution in [2.24, 2.45) is 0 Å². The topological polar surface area (TPSA) is 24.9 Å². The van der Waals surface area contributed by atoms with Crippen LogP contribution in [-0.4, -0.2) is 12.0 Å². The third-order valence-electron chi connectivity index (χ3n) is 3.05. The Balaban J connectivity index is 2.60. The number of hydrogen-bond donors (Lipinski definition) is 1. The normalized spacial score (nSPS) is 13.2. The molecule has 112 valence electrons. The fraction of sp³-hybridized carbons (Fsp3) is 0.214. The van der Waals surface area contributed by atoms with E-state index < -0.39 is 23.6 Å². The highest BCUT2D eigenvalue weighted by atomic mass is 35.5. The van der Waals surface area contributed by atoms with Crippen molar-refractivity contribution in [1.29, 1.82) is 0 Å². The van der Waals surface area contributed by atoms with Crippen LogP contribution in [0.25, 0.3) is 0 Å². The minimum atomic E-state index is -4.55. The number of benzene rings is 1. The average molecular weight is 319 g/mol. The van der Waals surface area contributed by atoms with Crippen LogP contribution in [0.15, 0.2) is 36.7 Å². The molecule has 0 aliphatic heterocycles. The minimum Gasteiger partial charge on any atom is -0.309 e. The van der Waals surface area contributed by atoms with E-state index in [1.165, 1.54) is 25.2 Å². The Morgan fingerprint density at radius 1 is 1.19 bits per heavy atom. The number of pyridine rings is 1. The van der Waals surface area contributed by atoms with E-state index in [9.17, 15) is 17.6 Å². The Morgan fingerprint density at radius 3 is 2.52 bits per heavy atom. The lowest BCUT2D eigenvalue weighted by Gasteiger charge is -2.22. The molecule has 0 spiro atoms. The van der Waals surface area contributed by atoms with Crippen molar-refractivity contribution in [3.05, 3.63) is 64.2 Å². The monoisotopic (exact) mass is 318 g/mol. The van der Waals surface area contributed by atoms with Gasteiger partial charge in [-0.15, -0.1) is 0 Å². The Labute approximate surface area is 123 Å². The van der Waals surface area contributed by atoms with Crippen LogP contribution in [0.5, 0.6) is 0 Å². The van der Waals surface area contributed by atoms with E-state index in [1.807, 2.05) is 0 Å². The highest BCUT2D eigenvalue weighted by Crippen LogP contribution is 2.37. The number of aromatic nitrogens is 1. The summed E-state index contributed by atoms with van der Waals surface area (Å²) in [5.74, 6) is -0.754. The van der Waals surface area contributed by atoms with Crippen LogP contribution >= 0.6 is 11.6 Å². The fourth-order valence-electron chi connectivity index (χ4n) is 2.12. The van der Waals surface area contributed by atoms with E-state index in [-0.39, 0.29) is 16.1 Å². The molecule has 0 saturated carbocycles. The van der Waals surface area contributed by atoms with Crippen molar-refractivity contribution in [1.82, 2.24) is 10.3 Å². The van der Waals surface area contributed by atoms with E-state index in [0.29, 0.717) is 0 Å². The van der Waals surface area contributed by atoms with Gasteiger partial charge in [-0.1, -0.05) is 23.7 Å². The molecule has 2 rings (SSSR count). The second-order valence-corrected chi connectivity index (χ2v) is 4.73. The summed E-state index contributed by atoms with van der Waals surface area (Å²) in [5, 5.41) is 2.53. The molecule has 1 aromatic carbocycles. The second kappa shape index (κ2) is 5.99. The van der Waals surface area contributed by atoms with Crippen molar-refractivity contribution in [2.75, 3.05) is 7.05 Å². The zero-order chi connectivity index (χ0) is 15.6. The first-order chi connectivity index (χ1) is 9.86. The molecule has 1 atom stereocenters. The molecule has 0 saturated heterocycles. The van der Waals surface area contributed by atoms with E-state index in [0.717, 1.165) is 18.5 Å². The number of nitrogens with zero attached hydrogens (tertiary/aromatic N) is 1. The van der Waals surface area contributed by atoms with Crippen molar-refractivity contribution < 1.29 is 17.6 Å². The van der Waals surface area contributed by atoms with E-state index in [4.69, 9.17) is 11.6 Å². The van der Waals surface area contributed by atoms with E-state index >= 15 is 0 Å². The molecule has 2 aromatic rings. The quantitative estimate of drug-likeness (QED) is 0.858. The summed E-state index contributed by atoms with van der Waals surface area (Å²) in [6, 6.07) is 4.06. The molecule has 21 heavy (non-hydrogen) atoms. The predicted octanol–water partition coefficient (Wildman–Crippen LogP) is 4.20. The van der Waals surface area contributed by atoms with Crippen LogP contribution in [0.1, 0.15) is 22.7 Å². The molecule has 0 amide bonds. The van der Waals surface area contributed by atoms with Gasteiger partial charge in [-0.2, -0.15) is 13.2 Å². The molecule has 7 heteroatoms. The van der Waals surface area contributed by atoms with Gasteiger partial charge < -0.3 is 5.32 Å². The molecule has 0 aliphatic rings. The molecule has 1 N–H and O–H groups in total. The average Bonchev–Trinajstić information content (AvgIpc) is 2.44. The molecular weight excluding hydrogens is 308 g/mol. The van der Waals surface area contributed by atoms with Gasteiger partial charge in [-0.25, -0.2) is 4.39 Å². The van der Waals surface area contributed by atoms with E-state index in [2.05, 4.69) is 10.3 Å². The highest BCUT2D eigenvalue weighted by Gasteiger charge is 2.36. The molecule has 0 fully saturated rings. The number of nitrogens with one attached hydrogen (secondary N) is 1. The smallest absolute Gasteiger partial charge is 0.309 e. The zero-order valence-corrected chi connectivity index (χ0v) is 11.6. The third-order valence-corrected chi connectivity index (χ3v) is 3.34. The summed E-state index contributed by atoms with van der Waals surface area (Å²) in [4.78, 5) is 3.71. The maximum Gasteiger partial charge on any atom is 0.416 e. The van der Waals surface area contributed by atoms with Crippen molar-refractivity contribution in [3.8, 4) is 0 Å². The second-order valence-electron chi connectivity index (χ2n) is 4.33. The van der Waals surface area contributed by atoms with Crippen LogP contribution in [-0.2, 0) is 6.18 Å². The van der Waals surface area contributed by atoms with Gasteiger partial charge in [0.05, 0.1) is 16.6 Å². The Kier molecular flexibility index (Phi) is 4.49. The van der Waals surface area contributed by atoms with Crippen LogP contribution in [0.2, 0.25) is 5.02 Å². The maximum atomic E-state index is 14.1. The van der Waals surface area contributed by atoms with Crippen LogP contribution in [0, 0.1) is 5.82 Å². The van der Waals surface area contributed by atoms with Gasteiger partial charge in [0.15, 0.2) is 0 Å². The zero-order valence-electron chi connectivity index (χ0n) is 10.9. The molecule has 0 aliphatic carbocycles. The van der Waals surface area contributed by atoms with Gasteiger partial charge in [-0.05, 0) is 19.2 Å². The number of rotatable bonds is 3. The maximum absolute atomic E-state index is 14.1.